The van der Waals surface area contributed by atoms with Gasteiger partial charge in [-0.25, -0.2) is 9.97 Å². The number of rotatable bonds is 3. The van der Waals surface area contributed by atoms with Crippen LogP contribution in [0, 0.1) is 0 Å². The summed E-state index contributed by atoms with van der Waals surface area (Å²) in [5, 5.41) is 0. The summed E-state index contributed by atoms with van der Waals surface area (Å²) in [6.07, 6.45) is 7.34. The van der Waals surface area contributed by atoms with Crippen molar-refractivity contribution >= 4 is 21.9 Å². The van der Waals surface area contributed by atoms with Crippen LogP contribution in [0.25, 0.3) is 0 Å². The first-order valence-corrected chi connectivity index (χ1v) is 7.44. The minimum atomic E-state index is 0.814. The van der Waals surface area contributed by atoms with Gasteiger partial charge in [-0.15, -0.1) is 0 Å². The second kappa shape index (κ2) is 6.28. The second-order valence-corrected chi connectivity index (χ2v) is 5.74. The van der Waals surface area contributed by atoms with E-state index in [1.165, 1.54) is 5.56 Å². The molecule has 0 bridgehead atoms. The SMILES string of the molecule is Brc1cnc(N2CCN(Cc3cccnc3)CC2)nc1. The highest BCUT2D eigenvalue weighted by Crippen LogP contribution is 2.14. The average molecular weight is 334 g/mol. The lowest BCUT2D eigenvalue weighted by Gasteiger charge is -2.34. The van der Waals surface area contributed by atoms with Crippen molar-refractivity contribution in [3.05, 3.63) is 47.0 Å². The maximum absolute atomic E-state index is 4.35. The highest BCUT2D eigenvalue weighted by atomic mass is 79.9. The summed E-state index contributed by atoms with van der Waals surface area (Å²) in [4.78, 5) is 17.5. The van der Waals surface area contributed by atoms with Gasteiger partial charge in [0.2, 0.25) is 5.95 Å². The zero-order chi connectivity index (χ0) is 13.8. The zero-order valence-corrected chi connectivity index (χ0v) is 12.7. The van der Waals surface area contributed by atoms with Gasteiger partial charge in [-0.2, -0.15) is 0 Å². The fraction of sp³-hybridized carbons (Fsp3) is 0.357. The van der Waals surface area contributed by atoms with Crippen LogP contribution in [-0.2, 0) is 6.54 Å². The molecule has 0 aromatic carbocycles. The maximum Gasteiger partial charge on any atom is 0.225 e. The van der Waals surface area contributed by atoms with Crippen molar-refractivity contribution in [2.45, 2.75) is 6.54 Å². The molecule has 3 heterocycles. The quantitative estimate of drug-likeness (QED) is 0.859. The zero-order valence-electron chi connectivity index (χ0n) is 11.1. The third-order valence-corrected chi connectivity index (χ3v) is 3.80. The molecule has 20 heavy (non-hydrogen) atoms. The molecule has 1 fully saturated rings. The Balaban J connectivity index is 1.55. The van der Waals surface area contributed by atoms with Crippen molar-refractivity contribution in [1.29, 1.82) is 0 Å². The van der Waals surface area contributed by atoms with E-state index < -0.39 is 0 Å². The molecule has 0 spiro atoms. The lowest BCUT2D eigenvalue weighted by atomic mass is 10.2. The van der Waals surface area contributed by atoms with Gasteiger partial charge in [0, 0.05) is 57.5 Å². The fourth-order valence-corrected chi connectivity index (χ4v) is 2.53. The highest BCUT2D eigenvalue weighted by Gasteiger charge is 2.18. The smallest absolute Gasteiger partial charge is 0.225 e. The van der Waals surface area contributed by atoms with Gasteiger partial charge in [0.05, 0.1) is 4.47 Å². The summed E-state index contributed by atoms with van der Waals surface area (Å²) in [7, 11) is 0. The molecule has 2 aromatic heterocycles. The summed E-state index contributed by atoms with van der Waals surface area (Å²) in [5.41, 5.74) is 1.26. The van der Waals surface area contributed by atoms with Crippen LogP contribution in [0.5, 0.6) is 0 Å². The van der Waals surface area contributed by atoms with Crippen molar-refractivity contribution < 1.29 is 0 Å². The monoisotopic (exact) mass is 333 g/mol. The van der Waals surface area contributed by atoms with E-state index >= 15 is 0 Å². The summed E-state index contributed by atoms with van der Waals surface area (Å²) < 4.78 is 0.913. The molecule has 1 aliphatic heterocycles. The third-order valence-electron chi connectivity index (χ3n) is 3.39. The van der Waals surface area contributed by atoms with E-state index in [0.717, 1.165) is 43.1 Å². The van der Waals surface area contributed by atoms with Crippen LogP contribution in [0.2, 0.25) is 0 Å². The number of piperazine rings is 1. The average Bonchev–Trinajstić information content (AvgIpc) is 2.50. The summed E-state index contributed by atoms with van der Waals surface area (Å²) >= 11 is 3.36. The van der Waals surface area contributed by atoms with Crippen LogP contribution in [0.1, 0.15) is 5.56 Å². The van der Waals surface area contributed by atoms with E-state index in [4.69, 9.17) is 0 Å². The molecule has 1 saturated heterocycles. The first-order chi connectivity index (χ1) is 9.81. The van der Waals surface area contributed by atoms with E-state index in [2.05, 4.69) is 46.7 Å². The normalized spacial score (nSPS) is 16.4. The van der Waals surface area contributed by atoms with E-state index in [1.54, 1.807) is 12.4 Å². The fourth-order valence-electron chi connectivity index (χ4n) is 2.32. The van der Waals surface area contributed by atoms with Crippen LogP contribution < -0.4 is 4.90 Å². The van der Waals surface area contributed by atoms with Gasteiger partial charge in [-0.1, -0.05) is 6.07 Å². The van der Waals surface area contributed by atoms with E-state index in [-0.39, 0.29) is 0 Å². The molecule has 0 atom stereocenters. The minimum absolute atomic E-state index is 0.814. The van der Waals surface area contributed by atoms with E-state index in [9.17, 15) is 0 Å². The Labute approximate surface area is 126 Å². The number of anilines is 1. The van der Waals surface area contributed by atoms with Crippen molar-refractivity contribution in [2.24, 2.45) is 0 Å². The molecule has 3 rings (SSSR count). The van der Waals surface area contributed by atoms with Crippen molar-refractivity contribution in [1.82, 2.24) is 19.9 Å². The van der Waals surface area contributed by atoms with Gasteiger partial charge in [0.1, 0.15) is 0 Å². The van der Waals surface area contributed by atoms with Crippen molar-refractivity contribution in [3.8, 4) is 0 Å². The van der Waals surface area contributed by atoms with Gasteiger partial charge >= 0.3 is 0 Å². The molecule has 6 heteroatoms. The van der Waals surface area contributed by atoms with Crippen LogP contribution in [0.15, 0.2) is 41.4 Å². The number of aromatic nitrogens is 3. The van der Waals surface area contributed by atoms with Gasteiger partial charge < -0.3 is 4.90 Å². The molecule has 0 unspecified atom stereocenters. The molecule has 0 saturated carbocycles. The maximum atomic E-state index is 4.35. The minimum Gasteiger partial charge on any atom is -0.338 e. The summed E-state index contributed by atoms with van der Waals surface area (Å²) in [5.74, 6) is 0.814. The molecule has 1 aliphatic rings. The number of hydrogen-bond acceptors (Lipinski definition) is 5. The Morgan fingerprint density at radius 1 is 1.05 bits per heavy atom. The molecule has 2 aromatic rings. The largest absolute Gasteiger partial charge is 0.338 e. The first-order valence-electron chi connectivity index (χ1n) is 6.65. The van der Waals surface area contributed by atoms with Crippen LogP contribution in [0.4, 0.5) is 5.95 Å². The van der Waals surface area contributed by atoms with E-state index in [1.807, 2.05) is 18.5 Å². The number of nitrogens with zero attached hydrogens (tertiary/aromatic N) is 5. The Hall–Kier alpha value is -1.53. The summed E-state index contributed by atoms with van der Waals surface area (Å²) in [6.45, 7) is 4.93. The Bertz CT molecular complexity index is 537. The lowest BCUT2D eigenvalue weighted by Crippen LogP contribution is -2.46. The van der Waals surface area contributed by atoms with Gasteiger partial charge in [0.15, 0.2) is 0 Å². The second-order valence-electron chi connectivity index (χ2n) is 4.83. The van der Waals surface area contributed by atoms with Crippen LogP contribution in [-0.4, -0.2) is 46.0 Å². The van der Waals surface area contributed by atoms with Crippen molar-refractivity contribution in [3.63, 3.8) is 0 Å². The third kappa shape index (κ3) is 3.32. The molecular weight excluding hydrogens is 318 g/mol. The molecule has 0 N–H and O–H groups in total. The van der Waals surface area contributed by atoms with Crippen LogP contribution in [0.3, 0.4) is 0 Å². The van der Waals surface area contributed by atoms with Crippen LogP contribution >= 0.6 is 15.9 Å². The van der Waals surface area contributed by atoms with Gasteiger partial charge in [-0.05, 0) is 27.6 Å². The Morgan fingerprint density at radius 3 is 2.45 bits per heavy atom. The van der Waals surface area contributed by atoms with Gasteiger partial charge in [-0.3, -0.25) is 9.88 Å². The molecule has 0 aliphatic carbocycles. The Kier molecular flexibility index (Phi) is 4.22. The number of hydrogen-bond donors (Lipinski definition) is 0. The van der Waals surface area contributed by atoms with Crippen molar-refractivity contribution in [2.75, 3.05) is 31.1 Å². The molecule has 0 amide bonds. The highest BCUT2D eigenvalue weighted by molar-refractivity contribution is 9.10. The molecular formula is C14H16BrN5. The number of halogens is 1. The molecule has 104 valence electrons. The number of pyridine rings is 1. The lowest BCUT2D eigenvalue weighted by molar-refractivity contribution is 0.248. The standard InChI is InChI=1S/C14H16BrN5/c15-13-9-17-14(18-10-13)20-6-4-19(5-7-20)11-12-2-1-3-16-8-12/h1-3,8-10H,4-7,11H2. The van der Waals surface area contributed by atoms with E-state index in [0.29, 0.717) is 0 Å². The predicted octanol–water partition coefficient (Wildman–Crippen LogP) is 1.96. The summed E-state index contributed by atoms with van der Waals surface area (Å²) in [6, 6.07) is 4.11. The Morgan fingerprint density at radius 2 is 1.80 bits per heavy atom. The molecule has 5 nitrogen and oxygen atoms in total. The van der Waals surface area contributed by atoms with Gasteiger partial charge in [0.25, 0.3) is 0 Å². The predicted molar refractivity (Wildman–Crippen MR) is 81.5 cm³/mol. The topological polar surface area (TPSA) is 45.2 Å². The first kappa shape index (κ1) is 13.5. The molecule has 0 radical (unpaired) electrons.